The number of nitrogens with one attached hydrogen (secondary N) is 1. The summed E-state index contributed by atoms with van der Waals surface area (Å²) in [5, 5.41) is 11.4. The standard InChI is InChI=1S/C12H16BrN5/c1-3-4-18-11(8-16-17-18)12(14-2)9-5-10(13)7-15-6-9/h5-8,12,14H,3-4H2,1-2H3. The quantitative estimate of drug-likeness (QED) is 0.919. The van der Waals surface area contributed by atoms with Crippen molar-refractivity contribution in [3.8, 4) is 0 Å². The molecule has 0 amide bonds. The fourth-order valence-corrected chi connectivity index (χ4v) is 2.33. The van der Waals surface area contributed by atoms with Crippen molar-refractivity contribution in [1.29, 1.82) is 0 Å². The third-order valence-electron chi connectivity index (χ3n) is 2.73. The maximum Gasteiger partial charge on any atom is 0.0802 e. The second-order valence-corrected chi connectivity index (χ2v) is 4.96. The Morgan fingerprint density at radius 3 is 2.89 bits per heavy atom. The molecular formula is C12H16BrN5. The molecule has 96 valence electrons. The number of pyridine rings is 1. The summed E-state index contributed by atoms with van der Waals surface area (Å²) >= 11 is 3.44. The average Bonchev–Trinajstić information content (AvgIpc) is 2.79. The zero-order valence-corrected chi connectivity index (χ0v) is 12.1. The van der Waals surface area contributed by atoms with E-state index in [1.807, 2.05) is 17.9 Å². The number of aromatic nitrogens is 4. The van der Waals surface area contributed by atoms with E-state index < -0.39 is 0 Å². The molecule has 0 bridgehead atoms. The average molecular weight is 310 g/mol. The van der Waals surface area contributed by atoms with Gasteiger partial charge in [-0.05, 0) is 41.0 Å². The van der Waals surface area contributed by atoms with E-state index in [9.17, 15) is 0 Å². The molecule has 0 saturated heterocycles. The Balaban J connectivity index is 2.36. The normalized spacial score (nSPS) is 12.6. The van der Waals surface area contributed by atoms with Gasteiger partial charge in [-0.3, -0.25) is 4.98 Å². The van der Waals surface area contributed by atoms with Crippen molar-refractivity contribution in [3.63, 3.8) is 0 Å². The third kappa shape index (κ3) is 2.76. The first-order valence-electron chi connectivity index (χ1n) is 5.92. The fourth-order valence-electron chi connectivity index (χ4n) is 1.95. The monoisotopic (exact) mass is 309 g/mol. The Hall–Kier alpha value is -1.27. The van der Waals surface area contributed by atoms with Crippen LogP contribution < -0.4 is 5.32 Å². The molecule has 0 aliphatic heterocycles. The third-order valence-corrected chi connectivity index (χ3v) is 3.16. The van der Waals surface area contributed by atoms with Gasteiger partial charge in [0.25, 0.3) is 0 Å². The van der Waals surface area contributed by atoms with Crippen LogP contribution in [0.15, 0.2) is 29.1 Å². The highest BCUT2D eigenvalue weighted by molar-refractivity contribution is 9.10. The lowest BCUT2D eigenvalue weighted by Crippen LogP contribution is -2.21. The van der Waals surface area contributed by atoms with Crippen LogP contribution in [0, 0.1) is 0 Å². The van der Waals surface area contributed by atoms with Gasteiger partial charge in [-0.2, -0.15) is 0 Å². The maximum absolute atomic E-state index is 4.20. The Bertz CT molecular complexity index is 511. The van der Waals surface area contributed by atoms with Crippen LogP contribution in [-0.4, -0.2) is 27.0 Å². The topological polar surface area (TPSA) is 55.6 Å². The van der Waals surface area contributed by atoms with Crippen molar-refractivity contribution in [3.05, 3.63) is 40.4 Å². The van der Waals surface area contributed by atoms with Crippen LogP contribution >= 0.6 is 15.9 Å². The van der Waals surface area contributed by atoms with Gasteiger partial charge in [0, 0.05) is 23.4 Å². The van der Waals surface area contributed by atoms with Gasteiger partial charge in [-0.25, -0.2) is 4.68 Å². The van der Waals surface area contributed by atoms with Crippen molar-refractivity contribution in [1.82, 2.24) is 25.3 Å². The molecule has 0 aromatic carbocycles. The predicted octanol–water partition coefficient (Wildman–Crippen LogP) is 2.15. The first kappa shape index (κ1) is 13.2. The van der Waals surface area contributed by atoms with Crippen molar-refractivity contribution in [2.45, 2.75) is 25.9 Å². The molecule has 18 heavy (non-hydrogen) atoms. The zero-order chi connectivity index (χ0) is 13.0. The minimum Gasteiger partial charge on any atom is -0.308 e. The Morgan fingerprint density at radius 1 is 1.39 bits per heavy atom. The first-order chi connectivity index (χ1) is 8.76. The van der Waals surface area contributed by atoms with Crippen molar-refractivity contribution in [2.24, 2.45) is 0 Å². The molecule has 0 aliphatic carbocycles. The Labute approximate surface area is 115 Å². The largest absolute Gasteiger partial charge is 0.308 e. The molecule has 0 spiro atoms. The number of nitrogens with zero attached hydrogens (tertiary/aromatic N) is 4. The predicted molar refractivity (Wildman–Crippen MR) is 73.2 cm³/mol. The van der Waals surface area contributed by atoms with Gasteiger partial charge in [-0.1, -0.05) is 12.1 Å². The lowest BCUT2D eigenvalue weighted by molar-refractivity contribution is 0.523. The van der Waals surface area contributed by atoms with Crippen molar-refractivity contribution < 1.29 is 0 Å². The summed E-state index contributed by atoms with van der Waals surface area (Å²) in [4.78, 5) is 4.20. The van der Waals surface area contributed by atoms with Gasteiger partial charge < -0.3 is 5.32 Å². The molecule has 1 atom stereocenters. The van der Waals surface area contributed by atoms with Gasteiger partial charge in [0.15, 0.2) is 0 Å². The molecule has 6 heteroatoms. The van der Waals surface area contributed by atoms with Gasteiger partial charge >= 0.3 is 0 Å². The molecule has 2 rings (SSSR count). The SMILES string of the molecule is CCCn1nncc1C(NC)c1cncc(Br)c1. The summed E-state index contributed by atoms with van der Waals surface area (Å²) in [6.07, 6.45) is 6.47. The number of aryl methyl sites for hydroxylation is 1. The Kier molecular flexibility index (Phi) is 4.43. The van der Waals surface area contributed by atoms with Gasteiger partial charge in [0.05, 0.1) is 17.9 Å². The second-order valence-electron chi connectivity index (χ2n) is 4.04. The summed E-state index contributed by atoms with van der Waals surface area (Å²) < 4.78 is 2.90. The van der Waals surface area contributed by atoms with Crippen molar-refractivity contribution >= 4 is 15.9 Å². The maximum atomic E-state index is 4.20. The number of rotatable bonds is 5. The minimum absolute atomic E-state index is 0.0524. The lowest BCUT2D eigenvalue weighted by atomic mass is 10.1. The number of hydrogen-bond acceptors (Lipinski definition) is 4. The van der Waals surface area contributed by atoms with Crippen LogP contribution in [0.2, 0.25) is 0 Å². The van der Waals surface area contributed by atoms with E-state index in [2.05, 4.69) is 49.5 Å². The number of halogens is 1. The highest BCUT2D eigenvalue weighted by atomic mass is 79.9. The molecule has 0 radical (unpaired) electrons. The summed E-state index contributed by atoms with van der Waals surface area (Å²) in [6.45, 7) is 3.00. The smallest absolute Gasteiger partial charge is 0.0802 e. The highest BCUT2D eigenvalue weighted by Gasteiger charge is 2.17. The first-order valence-corrected chi connectivity index (χ1v) is 6.71. The number of hydrogen-bond donors (Lipinski definition) is 1. The van der Waals surface area contributed by atoms with Crippen LogP contribution in [0.1, 0.15) is 30.6 Å². The molecular weight excluding hydrogens is 294 g/mol. The van der Waals surface area contributed by atoms with E-state index >= 15 is 0 Å². The van der Waals surface area contributed by atoms with Crippen LogP contribution in [0.4, 0.5) is 0 Å². The van der Waals surface area contributed by atoms with E-state index in [1.54, 1.807) is 12.4 Å². The summed E-state index contributed by atoms with van der Waals surface area (Å²) in [7, 11) is 1.93. The van der Waals surface area contributed by atoms with Gasteiger partial charge in [-0.15, -0.1) is 5.10 Å². The summed E-state index contributed by atoms with van der Waals surface area (Å²) in [6, 6.07) is 2.11. The molecule has 5 nitrogen and oxygen atoms in total. The summed E-state index contributed by atoms with van der Waals surface area (Å²) in [5.41, 5.74) is 2.14. The molecule has 2 aromatic rings. The Morgan fingerprint density at radius 2 is 2.22 bits per heavy atom. The lowest BCUT2D eigenvalue weighted by Gasteiger charge is -2.17. The van der Waals surface area contributed by atoms with E-state index in [4.69, 9.17) is 0 Å². The van der Waals surface area contributed by atoms with E-state index in [0.29, 0.717) is 0 Å². The van der Waals surface area contributed by atoms with Crippen LogP contribution in [0.25, 0.3) is 0 Å². The van der Waals surface area contributed by atoms with Gasteiger partial charge in [0.1, 0.15) is 0 Å². The van der Waals surface area contributed by atoms with E-state index in [1.165, 1.54) is 0 Å². The molecule has 2 heterocycles. The zero-order valence-electron chi connectivity index (χ0n) is 10.5. The van der Waals surface area contributed by atoms with Crippen LogP contribution in [-0.2, 0) is 6.54 Å². The minimum atomic E-state index is 0.0524. The van der Waals surface area contributed by atoms with E-state index in [0.717, 1.165) is 28.7 Å². The molecule has 1 N–H and O–H groups in total. The molecule has 1 unspecified atom stereocenters. The van der Waals surface area contributed by atoms with Gasteiger partial charge in [0.2, 0.25) is 0 Å². The van der Waals surface area contributed by atoms with Crippen LogP contribution in [0.5, 0.6) is 0 Å². The highest BCUT2D eigenvalue weighted by Crippen LogP contribution is 2.22. The molecule has 0 aliphatic rings. The van der Waals surface area contributed by atoms with E-state index in [-0.39, 0.29) is 6.04 Å². The second kappa shape index (κ2) is 6.06. The van der Waals surface area contributed by atoms with Crippen molar-refractivity contribution in [2.75, 3.05) is 7.05 Å². The molecule has 0 saturated carbocycles. The fraction of sp³-hybridized carbons (Fsp3) is 0.417. The molecule has 0 fully saturated rings. The van der Waals surface area contributed by atoms with Crippen LogP contribution in [0.3, 0.4) is 0 Å². The summed E-state index contributed by atoms with van der Waals surface area (Å²) in [5.74, 6) is 0. The molecule has 2 aromatic heterocycles.